The highest BCUT2D eigenvalue weighted by Crippen LogP contribution is 2.30. The van der Waals surface area contributed by atoms with Crippen molar-refractivity contribution in [3.8, 4) is 5.75 Å². The van der Waals surface area contributed by atoms with Crippen molar-refractivity contribution in [2.75, 3.05) is 18.2 Å². The average Bonchev–Trinajstić information content (AvgIpc) is 2.90. The third-order valence-electron chi connectivity index (χ3n) is 6.29. The van der Waals surface area contributed by atoms with E-state index in [1.165, 1.54) is 17.0 Å². The summed E-state index contributed by atoms with van der Waals surface area (Å²) < 4.78 is 63.7. The first-order valence-electron chi connectivity index (χ1n) is 11.9. The lowest BCUT2D eigenvalue weighted by molar-refractivity contribution is 0.414. The number of aromatic nitrogens is 2. The summed E-state index contributed by atoms with van der Waals surface area (Å²) in [6.07, 6.45) is 1.64. The van der Waals surface area contributed by atoms with Gasteiger partial charge >= 0.3 is 0 Å². The highest BCUT2D eigenvalue weighted by atomic mass is 32.2. The molecular weight excluding hydrogens is 514 g/mol. The Labute approximate surface area is 219 Å². The van der Waals surface area contributed by atoms with Crippen LogP contribution in [0.3, 0.4) is 0 Å². The number of anilines is 2. The topological polar surface area (TPSA) is 102 Å². The van der Waals surface area contributed by atoms with Crippen LogP contribution in [0.25, 0.3) is 10.9 Å². The van der Waals surface area contributed by atoms with Crippen LogP contribution in [-0.2, 0) is 30.0 Å². The molecule has 4 aromatic rings. The lowest BCUT2D eigenvalue weighted by Crippen LogP contribution is -2.26. The lowest BCUT2D eigenvalue weighted by Gasteiger charge is -2.15. The number of halogens is 2. The van der Waals surface area contributed by atoms with Crippen molar-refractivity contribution >= 4 is 32.3 Å². The van der Waals surface area contributed by atoms with Gasteiger partial charge < -0.3 is 14.6 Å². The van der Waals surface area contributed by atoms with Gasteiger partial charge in [0, 0.05) is 19.3 Å². The second-order valence-electron chi connectivity index (χ2n) is 8.90. The number of ether oxygens (including phenoxy) is 1. The number of fused-ring (bicyclic) bond motifs is 1. The second kappa shape index (κ2) is 11.3. The van der Waals surface area contributed by atoms with E-state index in [4.69, 9.17) is 4.74 Å². The third-order valence-corrected chi connectivity index (χ3v) is 7.70. The Morgan fingerprint density at radius 1 is 1.05 bits per heavy atom. The third kappa shape index (κ3) is 6.00. The second-order valence-corrected chi connectivity index (χ2v) is 10.8. The van der Waals surface area contributed by atoms with Crippen LogP contribution in [0.1, 0.15) is 23.1 Å². The van der Waals surface area contributed by atoms with Crippen molar-refractivity contribution in [1.82, 2.24) is 14.3 Å². The Kier molecular flexibility index (Phi) is 8.08. The van der Waals surface area contributed by atoms with Crippen molar-refractivity contribution < 1.29 is 21.9 Å². The summed E-state index contributed by atoms with van der Waals surface area (Å²) in [6, 6.07) is 12.6. The number of sulfonamides is 1. The summed E-state index contributed by atoms with van der Waals surface area (Å²) >= 11 is 0. The minimum absolute atomic E-state index is 0.0887. The Bertz CT molecular complexity index is 1640. The minimum atomic E-state index is -3.61. The molecule has 0 unspecified atom stereocenters. The van der Waals surface area contributed by atoms with Crippen molar-refractivity contribution in [3.05, 3.63) is 93.5 Å². The van der Waals surface area contributed by atoms with E-state index in [9.17, 15) is 17.6 Å². The summed E-state index contributed by atoms with van der Waals surface area (Å²) in [5.74, 6) is -1.17. The lowest BCUT2D eigenvalue weighted by atomic mass is 10.1. The Balaban J connectivity index is 1.45. The number of hydrogen-bond donors (Lipinski definition) is 2. The van der Waals surface area contributed by atoms with Gasteiger partial charge in [-0.05, 0) is 66.8 Å². The van der Waals surface area contributed by atoms with Crippen molar-refractivity contribution in [1.29, 1.82) is 0 Å². The van der Waals surface area contributed by atoms with Crippen LogP contribution in [0.4, 0.5) is 20.2 Å². The molecule has 3 aromatic carbocycles. The molecule has 0 aliphatic heterocycles. The van der Waals surface area contributed by atoms with Gasteiger partial charge in [0.2, 0.25) is 10.0 Å². The van der Waals surface area contributed by atoms with Crippen LogP contribution in [0.5, 0.6) is 5.75 Å². The van der Waals surface area contributed by atoms with Gasteiger partial charge in [0.25, 0.3) is 5.56 Å². The van der Waals surface area contributed by atoms with E-state index in [0.29, 0.717) is 27.9 Å². The fourth-order valence-corrected chi connectivity index (χ4v) is 5.14. The Hall–Kier alpha value is -3.83. The standard InChI is InChI=1S/C27H28F2N4O4S/c1-17-22(12-13-23-24(17)27(34)33(2)16-30-23)32-26-21(28)11-8-19(25(26)29)5-4-14-38(35,36)31-15-18-6-9-20(37-3)10-7-18/h6-13,16,31-32H,4-5,14-15H2,1-3H3. The van der Waals surface area contributed by atoms with Crippen LogP contribution in [0.2, 0.25) is 0 Å². The molecule has 0 saturated heterocycles. The van der Waals surface area contributed by atoms with Gasteiger partial charge in [-0.2, -0.15) is 0 Å². The molecule has 1 aromatic heterocycles. The SMILES string of the molecule is COc1ccc(CNS(=O)(=O)CCCc2ccc(F)c(Nc3ccc4ncn(C)c(=O)c4c3C)c2F)cc1. The minimum Gasteiger partial charge on any atom is -0.497 e. The fourth-order valence-electron chi connectivity index (χ4n) is 4.09. The number of aryl methyl sites for hydroxylation is 3. The van der Waals surface area contributed by atoms with Crippen molar-refractivity contribution in [3.63, 3.8) is 0 Å². The van der Waals surface area contributed by atoms with E-state index >= 15 is 4.39 Å². The quantitative estimate of drug-likeness (QED) is 0.309. The number of hydrogen-bond acceptors (Lipinski definition) is 6. The van der Waals surface area contributed by atoms with Gasteiger partial charge in [-0.3, -0.25) is 4.79 Å². The van der Waals surface area contributed by atoms with Gasteiger partial charge in [0.15, 0.2) is 5.82 Å². The maximum atomic E-state index is 15.3. The number of methoxy groups -OCH3 is 1. The molecule has 0 radical (unpaired) electrons. The molecule has 0 saturated carbocycles. The predicted molar refractivity (Wildman–Crippen MR) is 143 cm³/mol. The van der Waals surface area contributed by atoms with E-state index < -0.39 is 21.7 Å². The van der Waals surface area contributed by atoms with Gasteiger partial charge in [-0.1, -0.05) is 18.2 Å². The molecule has 0 atom stereocenters. The number of benzene rings is 3. The van der Waals surface area contributed by atoms with Crippen molar-refractivity contribution in [2.24, 2.45) is 7.05 Å². The van der Waals surface area contributed by atoms with Gasteiger partial charge in [0.1, 0.15) is 17.3 Å². The maximum absolute atomic E-state index is 15.3. The number of nitrogens with one attached hydrogen (secondary N) is 2. The highest BCUT2D eigenvalue weighted by molar-refractivity contribution is 7.89. The zero-order chi connectivity index (χ0) is 27.4. The molecule has 0 fully saturated rings. The molecule has 8 nitrogen and oxygen atoms in total. The van der Waals surface area contributed by atoms with Crippen molar-refractivity contribution in [2.45, 2.75) is 26.3 Å². The molecule has 38 heavy (non-hydrogen) atoms. The number of rotatable bonds is 10. The summed E-state index contributed by atoms with van der Waals surface area (Å²) in [5.41, 5.74) is 1.66. The maximum Gasteiger partial charge on any atom is 0.261 e. The molecule has 2 N–H and O–H groups in total. The normalized spacial score (nSPS) is 11.6. The van der Waals surface area contributed by atoms with Crippen LogP contribution in [-0.4, -0.2) is 30.8 Å². The zero-order valence-electron chi connectivity index (χ0n) is 21.2. The monoisotopic (exact) mass is 542 g/mol. The first kappa shape index (κ1) is 27.2. The molecule has 0 aliphatic carbocycles. The average molecular weight is 543 g/mol. The summed E-state index contributed by atoms with van der Waals surface area (Å²) in [6.45, 7) is 1.80. The van der Waals surface area contributed by atoms with Gasteiger partial charge in [-0.15, -0.1) is 0 Å². The van der Waals surface area contributed by atoms with Crippen LogP contribution >= 0.6 is 0 Å². The van der Waals surface area contributed by atoms with Gasteiger partial charge in [0.05, 0.1) is 30.1 Å². The Morgan fingerprint density at radius 3 is 2.50 bits per heavy atom. The Morgan fingerprint density at radius 2 is 1.79 bits per heavy atom. The molecule has 0 amide bonds. The molecule has 200 valence electrons. The van der Waals surface area contributed by atoms with Crippen LogP contribution < -0.4 is 20.3 Å². The molecule has 0 bridgehead atoms. The molecular formula is C27H28F2N4O4S. The number of nitrogens with zero attached hydrogens (tertiary/aromatic N) is 2. The van der Waals surface area contributed by atoms with Gasteiger partial charge in [-0.25, -0.2) is 26.9 Å². The summed E-state index contributed by atoms with van der Waals surface area (Å²) in [7, 11) is -0.487. The molecule has 4 rings (SSSR count). The predicted octanol–water partition coefficient (Wildman–Crippen LogP) is 4.32. The molecule has 0 spiro atoms. The summed E-state index contributed by atoms with van der Waals surface area (Å²) in [4.78, 5) is 16.8. The van der Waals surface area contributed by atoms with E-state index in [0.717, 1.165) is 11.6 Å². The summed E-state index contributed by atoms with van der Waals surface area (Å²) in [5, 5.41) is 3.13. The largest absolute Gasteiger partial charge is 0.497 e. The first-order valence-corrected chi connectivity index (χ1v) is 13.5. The van der Waals surface area contributed by atoms with Crippen LogP contribution in [0, 0.1) is 18.6 Å². The molecule has 0 aliphatic rings. The fraction of sp³-hybridized carbons (Fsp3) is 0.259. The smallest absolute Gasteiger partial charge is 0.261 e. The zero-order valence-corrected chi connectivity index (χ0v) is 22.0. The molecule has 1 heterocycles. The molecule has 11 heteroatoms. The van der Waals surface area contributed by atoms with E-state index in [1.54, 1.807) is 57.5 Å². The highest BCUT2D eigenvalue weighted by Gasteiger charge is 2.18. The van der Waals surface area contributed by atoms with Crippen LogP contribution in [0.15, 0.2) is 59.7 Å². The first-order chi connectivity index (χ1) is 18.1. The van der Waals surface area contributed by atoms with E-state index in [-0.39, 0.29) is 41.9 Å². The van der Waals surface area contributed by atoms with E-state index in [1.807, 2.05) is 0 Å². The van der Waals surface area contributed by atoms with E-state index in [2.05, 4.69) is 15.0 Å².